The standard InChI is InChI=1S/C25H32N6O/c1-29(2)25(32)23-15-18-7-8-19(16-22(18)31(23)20-5-3-4-6-20)28-24-10-9-21(17-27-24)30-13-11-26-12-14-30/h7-10,15-17,20,26H,3-6,11-14H2,1-2H3,(H,27,28). The maximum atomic E-state index is 12.9. The number of amides is 1. The molecule has 1 aromatic carbocycles. The molecule has 7 heteroatoms. The molecule has 0 radical (unpaired) electrons. The highest BCUT2D eigenvalue weighted by Gasteiger charge is 2.25. The molecule has 2 fully saturated rings. The van der Waals surface area contributed by atoms with Crippen LogP contribution in [0.1, 0.15) is 42.2 Å². The SMILES string of the molecule is CN(C)C(=O)c1cc2ccc(Nc3ccc(N4CCNCC4)cn3)cc2n1C1CCCC1. The highest BCUT2D eigenvalue weighted by atomic mass is 16.2. The fraction of sp³-hybridized carbons (Fsp3) is 0.440. The van der Waals surface area contributed by atoms with Gasteiger partial charge in [-0.1, -0.05) is 18.9 Å². The van der Waals surface area contributed by atoms with Gasteiger partial charge in [-0.3, -0.25) is 4.79 Å². The summed E-state index contributed by atoms with van der Waals surface area (Å²) in [5.41, 5.74) is 4.05. The molecule has 0 unspecified atom stereocenters. The van der Waals surface area contributed by atoms with E-state index in [1.807, 2.05) is 32.4 Å². The Labute approximate surface area is 189 Å². The summed E-state index contributed by atoms with van der Waals surface area (Å²) < 4.78 is 2.27. The van der Waals surface area contributed by atoms with Crippen molar-refractivity contribution in [3.05, 3.63) is 48.3 Å². The number of rotatable bonds is 5. The van der Waals surface area contributed by atoms with Crippen LogP contribution in [0.2, 0.25) is 0 Å². The van der Waals surface area contributed by atoms with Crippen LogP contribution < -0.4 is 15.5 Å². The van der Waals surface area contributed by atoms with Gasteiger partial charge in [-0.25, -0.2) is 4.98 Å². The number of nitrogens with zero attached hydrogens (tertiary/aromatic N) is 4. The van der Waals surface area contributed by atoms with Crippen molar-refractivity contribution in [1.29, 1.82) is 0 Å². The molecule has 32 heavy (non-hydrogen) atoms. The van der Waals surface area contributed by atoms with E-state index in [0.717, 1.165) is 72.8 Å². The number of anilines is 3. The molecule has 5 rings (SSSR count). The average Bonchev–Trinajstić information content (AvgIpc) is 3.47. The zero-order chi connectivity index (χ0) is 22.1. The van der Waals surface area contributed by atoms with E-state index in [0.29, 0.717) is 6.04 Å². The zero-order valence-corrected chi connectivity index (χ0v) is 19.0. The Bertz CT molecular complexity index is 1090. The van der Waals surface area contributed by atoms with Gasteiger partial charge in [0.2, 0.25) is 0 Å². The third-order valence-electron chi connectivity index (χ3n) is 6.66. The third kappa shape index (κ3) is 4.05. The van der Waals surface area contributed by atoms with E-state index >= 15 is 0 Å². The summed E-state index contributed by atoms with van der Waals surface area (Å²) in [6, 6.07) is 12.9. The molecule has 2 N–H and O–H groups in total. The number of pyridine rings is 1. The third-order valence-corrected chi connectivity index (χ3v) is 6.66. The lowest BCUT2D eigenvalue weighted by atomic mass is 10.2. The Morgan fingerprint density at radius 3 is 2.56 bits per heavy atom. The average molecular weight is 433 g/mol. The molecule has 0 spiro atoms. The van der Waals surface area contributed by atoms with Crippen LogP contribution in [-0.4, -0.2) is 60.6 Å². The van der Waals surface area contributed by atoms with Gasteiger partial charge in [0, 0.05) is 57.4 Å². The van der Waals surface area contributed by atoms with Gasteiger partial charge >= 0.3 is 0 Å². The lowest BCUT2D eigenvalue weighted by molar-refractivity contribution is 0.0815. The Hall–Kier alpha value is -3.06. The quantitative estimate of drug-likeness (QED) is 0.638. The van der Waals surface area contributed by atoms with E-state index < -0.39 is 0 Å². The van der Waals surface area contributed by atoms with E-state index in [2.05, 4.69) is 49.4 Å². The predicted octanol–water partition coefficient (Wildman–Crippen LogP) is 4.01. The Morgan fingerprint density at radius 1 is 1.09 bits per heavy atom. The molecule has 1 aliphatic carbocycles. The minimum Gasteiger partial charge on any atom is -0.368 e. The molecule has 2 aliphatic rings. The molecule has 1 amide bonds. The summed E-state index contributed by atoms with van der Waals surface area (Å²) in [4.78, 5) is 21.6. The van der Waals surface area contributed by atoms with Gasteiger partial charge in [0.15, 0.2) is 0 Å². The Morgan fingerprint density at radius 2 is 1.88 bits per heavy atom. The summed E-state index contributed by atoms with van der Waals surface area (Å²) in [6.07, 6.45) is 6.65. The molecule has 1 saturated carbocycles. The van der Waals surface area contributed by atoms with Crippen LogP contribution in [0.5, 0.6) is 0 Å². The second-order valence-electron chi connectivity index (χ2n) is 9.07. The van der Waals surface area contributed by atoms with Gasteiger partial charge in [-0.05, 0) is 43.2 Å². The van der Waals surface area contributed by atoms with E-state index in [1.54, 1.807) is 4.90 Å². The minimum atomic E-state index is 0.0628. The van der Waals surface area contributed by atoms with Crippen molar-refractivity contribution in [2.24, 2.45) is 0 Å². The first-order valence-corrected chi connectivity index (χ1v) is 11.7. The molecule has 2 aromatic heterocycles. The van der Waals surface area contributed by atoms with Gasteiger partial charge in [0.25, 0.3) is 5.91 Å². The number of benzene rings is 1. The normalized spacial score (nSPS) is 17.1. The molecule has 7 nitrogen and oxygen atoms in total. The fourth-order valence-electron chi connectivity index (χ4n) is 4.97. The Kier molecular flexibility index (Phi) is 5.74. The Balaban J connectivity index is 1.43. The number of hydrogen-bond donors (Lipinski definition) is 2. The lowest BCUT2D eigenvalue weighted by Gasteiger charge is -2.29. The van der Waals surface area contributed by atoms with E-state index in [4.69, 9.17) is 0 Å². The number of nitrogens with one attached hydrogen (secondary N) is 2. The van der Waals surface area contributed by atoms with E-state index in [1.165, 1.54) is 12.8 Å². The molecule has 0 bridgehead atoms. The monoisotopic (exact) mass is 432 g/mol. The second-order valence-corrected chi connectivity index (χ2v) is 9.07. The first-order chi connectivity index (χ1) is 15.6. The number of piperazine rings is 1. The van der Waals surface area contributed by atoms with E-state index in [9.17, 15) is 4.79 Å². The summed E-state index contributed by atoms with van der Waals surface area (Å²) in [7, 11) is 3.64. The van der Waals surface area contributed by atoms with Gasteiger partial charge in [0.05, 0.1) is 17.4 Å². The lowest BCUT2D eigenvalue weighted by Crippen LogP contribution is -2.43. The molecule has 0 atom stereocenters. The predicted molar refractivity (Wildman–Crippen MR) is 130 cm³/mol. The van der Waals surface area contributed by atoms with Crippen LogP contribution in [0.4, 0.5) is 17.2 Å². The van der Waals surface area contributed by atoms with Crippen LogP contribution in [0, 0.1) is 0 Å². The van der Waals surface area contributed by atoms with Crippen molar-refractivity contribution >= 4 is 34.0 Å². The molecule has 1 saturated heterocycles. The summed E-state index contributed by atoms with van der Waals surface area (Å²) >= 11 is 0. The number of carbonyl (C=O) groups excluding carboxylic acids is 1. The number of aromatic nitrogens is 2. The molecule has 3 heterocycles. The van der Waals surface area contributed by atoms with Crippen molar-refractivity contribution in [1.82, 2.24) is 19.8 Å². The minimum absolute atomic E-state index is 0.0628. The number of hydrogen-bond acceptors (Lipinski definition) is 5. The second kappa shape index (κ2) is 8.82. The van der Waals surface area contributed by atoms with Gasteiger partial charge in [-0.2, -0.15) is 0 Å². The van der Waals surface area contributed by atoms with Crippen molar-refractivity contribution in [2.75, 3.05) is 50.5 Å². The highest BCUT2D eigenvalue weighted by molar-refractivity contribution is 5.99. The summed E-state index contributed by atoms with van der Waals surface area (Å²) in [5.74, 6) is 0.888. The molecule has 1 aliphatic heterocycles. The van der Waals surface area contributed by atoms with Crippen molar-refractivity contribution in [3.8, 4) is 0 Å². The van der Waals surface area contributed by atoms with Gasteiger partial charge < -0.3 is 25.0 Å². The number of carbonyl (C=O) groups is 1. The van der Waals surface area contributed by atoms with Crippen molar-refractivity contribution in [2.45, 2.75) is 31.7 Å². The fourth-order valence-corrected chi connectivity index (χ4v) is 4.97. The van der Waals surface area contributed by atoms with Crippen molar-refractivity contribution < 1.29 is 4.79 Å². The van der Waals surface area contributed by atoms with E-state index in [-0.39, 0.29) is 5.91 Å². The molecule has 3 aromatic rings. The maximum Gasteiger partial charge on any atom is 0.270 e. The summed E-state index contributed by atoms with van der Waals surface area (Å²) in [6.45, 7) is 4.05. The van der Waals surface area contributed by atoms with Gasteiger partial charge in [-0.15, -0.1) is 0 Å². The molecular weight excluding hydrogens is 400 g/mol. The van der Waals surface area contributed by atoms with Crippen LogP contribution in [0.3, 0.4) is 0 Å². The highest BCUT2D eigenvalue weighted by Crippen LogP contribution is 2.36. The van der Waals surface area contributed by atoms with Crippen molar-refractivity contribution in [3.63, 3.8) is 0 Å². The molecular formula is C25H32N6O. The first-order valence-electron chi connectivity index (χ1n) is 11.7. The van der Waals surface area contributed by atoms with Crippen LogP contribution in [-0.2, 0) is 0 Å². The zero-order valence-electron chi connectivity index (χ0n) is 19.0. The smallest absolute Gasteiger partial charge is 0.270 e. The van der Waals surface area contributed by atoms with Crippen LogP contribution in [0.15, 0.2) is 42.6 Å². The summed E-state index contributed by atoms with van der Waals surface area (Å²) in [5, 5.41) is 7.94. The first kappa shape index (κ1) is 20.8. The van der Waals surface area contributed by atoms with Crippen LogP contribution >= 0.6 is 0 Å². The van der Waals surface area contributed by atoms with Gasteiger partial charge in [0.1, 0.15) is 11.5 Å². The largest absolute Gasteiger partial charge is 0.368 e. The van der Waals surface area contributed by atoms with Crippen LogP contribution in [0.25, 0.3) is 10.9 Å². The maximum absolute atomic E-state index is 12.9. The molecule has 168 valence electrons. The number of fused-ring (bicyclic) bond motifs is 1. The topological polar surface area (TPSA) is 65.4 Å².